The van der Waals surface area contributed by atoms with Crippen LogP contribution in [0.25, 0.3) is 6.08 Å². The van der Waals surface area contributed by atoms with E-state index in [9.17, 15) is 19.7 Å². The summed E-state index contributed by atoms with van der Waals surface area (Å²) in [5.41, 5.74) is 3.92. The number of imide groups is 1. The first-order valence-corrected chi connectivity index (χ1v) is 23.3. The zero-order chi connectivity index (χ0) is 39.6. The van der Waals surface area contributed by atoms with E-state index in [2.05, 4.69) is 98.2 Å². The molecule has 2 aliphatic heterocycles. The van der Waals surface area contributed by atoms with E-state index in [1.54, 1.807) is 6.07 Å². The highest BCUT2D eigenvalue weighted by Crippen LogP contribution is 2.51. The topological polar surface area (TPSA) is 96.3 Å². The predicted octanol–water partition coefficient (Wildman–Crippen LogP) is 8.75. The summed E-state index contributed by atoms with van der Waals surface area (Å²) in [5, 5.41) is 26.1. The minimum atomic E-state index is -2.97. The zero-order valence-corrected chi connectivity index (χ0v) is 36.0. The van der Waals surface area contributed by atoms with Gasteiger partial charge in [-0.05, 0) is 94.1 Å². The van der Waals surface area contributed by atoms with Gasteiger partial charge in [-0.1, -0.05) is 128 Å². The highest BCUT2D eigenvalue weighted by atomic mass is 79.9. The number of allylic oxidation sites excluding steroid dienone is 1. The van der Waals surface area contributed by atoms with Crippen molar-refractivity contribution in [2.75, 3.05) is 6.61 Å². The van der Waals surface area contributed by atoms with Gasteiger partial charge < -0.3 is 19.2 Å². The molecule has 4 aromatic rings. The Bertz CT molecular complexity index is 2050. The average molecular weight is 853 g/mol. The van der Waals surface area contributed by atoms with Crippen LogP contribution in [0.2, 0.25) is 11.4 Å². The Morgan fingerprint density at radius 2 is 1.68 bits per heavy atom. The SMILES string of the molecule is CCC/C(=C\c1cc(Br)ccc1O)CC[C@H]1OB(O)C[C@H]2C1=C(CO[Si](c1ccccc1)(c1ccccc1)C(C)(C)C)C[C@H]1C(=O)N(Cc3cccs3)C(=O)[C@H]12. The van der Waals surface area contributed by atoms with Crippen molar-refractivity contribution in [1.29, 1.82) is 0 Å². The molecule has 56 heavy (non-hydrogen) atoms. The summed E-state index contributed by atoms with van der Waals surface area (Å²) < 4.78 is 14.9. The van der Waals surface area contributed by atoms with Crippen molar-refractivity contribution in [2.24, 2.45) is 17.8 Å². The van der Waals surface area contributed by atoms with Gasteiger partial charge in [0.15, 0.2) is 0 Å². The molecule has 0 saturated carbocycles. The number of carbonyl (C=O) groups is 2. The van der Waals surface area contributed by atoms with E-state index < -0.39 is 33.4 Å². The number of aromatic hydroxyl groups is 1. The second-order valence-corrected chi connectivity index (χ2v) is 22.7. The predicted molar refractivity (Wildman–Crippen MR) is 231 cm³/mol. The van der Waals surface area contributed by atoms with Crippen LogP contribution in [0.5, 0.6) is 5.75 Å². The largest absolute Gasteiger partial charge is 0.507 e. The van der Waals surface area contributed by atoms with Crippen LogP contribution in [0.1, 0.15) is 70.2 Å². The van der Waals surface area contributed by atoms with Crippen molar-refractivity contribution >= 4 is 71.0 Å². The first-order chi connectivity index (χ1) is 26.9. The molecular weight excluding hydrogens is 801 g/mol. The lowest BCUT2D eigenvalue weighted by molar-refractivity contribution is -0.140. The molecule has 2 fully saturated rings. The molecule has 7 nitrogen and oxygen atoms in total. The van der Waals surface area contributed by atoms with Gasteiger partial charge in [0, 0.05) is 14.9 Å². The molecular formula is C45H51BBrNO6SSi. The number of likely N-dealkylation sites (tertiary alicyclic amines) is 1. The fourth-order valence-corrected chi connectivity index (χ4v) is 15.0. The van der Waals surface area contributed by atoms with Gasteiger partial charge in [0.1, 0.15) is 5.75 Å². The molecule has 2 amide bonds. The maximum absolute atomic E-state index is 14.4. The average Bonchev–Trinajstić information content (AvgIpc) is 3.78. The van der Waals surface area contributed by atoms with E-state index in [-0.39, 0.29) is 48.0 Å². The Labute approximate surface area is 344 Å². The number of rotatable bonds is 13. The molecule has 0 unspecified atom stereocenters. The van der Waals surface area contributed by atoms with Crippen molar-refractivity contribution in [2.45, 2.75) is 83.8 Å². The molecule has 7 rings (SSSR count). The molecule has 3 heterocycles. The first-order valence-electron chi connectivity index (χ1n) is 19.8. The van der Waals surface area contributed by atoms with Gasteiger partial charge in [-0.3, -0.25) is 14.5 Å². The summed E-state index contributed by atoms with van der Waals surface area (Å²) in [4.78, 5) is 31.1. The summed E-state index contributed by atoms with van der Waals surface area (Å²) >= 11 is 5.08. The number of phenolic OH excluding ortho intramolecular Hbond substituents is 1. The van der Waals surface area contributed by atoms with E-state index >= 15 is 0 Å². The number of thiophene rings is 1. The molecule has 2 N–H and O–H groups in total. The van der Waals surface area contributed by atoms with Gasteiger partial charge in [0.25, 0.3) is 8.32 Å². The van der Waals surface area contributed by atoms with E-state index in [0.29, 0.717) is 19.3 Å². The van der Waals surface area contributed by atoms with Gasteiger partial charge in [0.05, 0.1) is 31.1 Å². The van der Waals surface area contributed by atoms with Crippen molar-refractivity contribution in [3.05, 3.63) is 128 Å². The Morgan fingerprint density at radius 1 is 0.982 bits per heavy atom. The molecule has 292 valence electrons. The summed E-state index contributed by atoms with van der Waals surface area (Å²) in [6.45, 7) is 9.45. The van der Waals surface area contributed by atoms with Crippen LogP contribution in [0, 0.1) is 17.8 Å². The number of phenols is 1. The number of benzene rings is 3. The molecule has 4 atom stereocenters. The minimum absolute atomic E-state index is 0.144. The van der Waals surface area contributed by atoms with Gasteiger partial charge in [-0.25, -0.2) is 0 Å². The monoisotopic (exact) mass is 851 g/mol. The number of hydrogen-bond donors (Lipinski definition) is 2. The molecule has 2 saturated heterocycles. The lowest BCUT2D eigenvalue weighted by atomic mass is 9.58. The molecule has 11 heteroatoms. The van der Waals surface area contributed by atoms with E-state index in [1.807, 2.05) is 41.8 Å². The maximum atomic E-state index is 14.4. The van der Waals surface area contributed by atoms with Gasteiger partial charge >= 0.3 is 7.12 Å². The number of amides is 2. The Morgan fingerprint density at radius 3 is 2.30 bits per heavy atom. The fourth-order valence-electron chi connectivity index (χ4n) is 9.40. The third-order valence-electron chi connectivity index (χ3n) is 11.8. The number of nitrogens with zero attached hydrogens (tertiary/aromatic N) is 1. The lowest BCUT2D eigenvalue weighted by Crippen LogP contribution is -2.66. The third kappa shape index (κ3) is 8.08. The standard InChI is InChI=1S/C45H51BBrNO6SSi/c1-5-13-30(24-31-25-33(47)20-21-39(31)49)19-22-40-41-32(29-53-56(45(2,3)4,35-15-8-6-9-16-35)36-17-10-7-11-18-36)26-37-42(38(41)27-46(52)54-40)44(51)48(43(37)50)28-34-14-12-23-55-34/h6-12,14-18,20-21,23-25,37-38,40,42,49,52H,5,13,19,22,26-29H2,1-4H3/b30-24+/t37-,38+,40-,42-/m1/s1. The summed E-state index contributed by atoms with van der Waals surface area (Å²) in [6.07, 6.45) is 5.23. The van der Waals surface area contributed by atoms with Crippen molar-refractivity contribution < 1.29 is 28.8 Å². The highest BCUT2D eigenvalue weighted by Gasteiger charge is 2.58. The smallest absolute Gasteiger partial charge is 0.455 e. The first kappa shape index (κ1) is 40.6. The number of fused-ring (bicyclic) bond motifs is 3. The van der Waals surface area contributed by atoms with Crippen molar-refractivity contribution in [3.63, 3.8) is 0 Å². The summed E-state index contributed by atoms with van der Waals surface area (Å²) in [6, 6.07) is 30.4. The summed E-state index contributed by atoms with van der Waals surface area (Å²) in [5.74, 6) is -1.55. The second-order valence-electron chi connectivity index (χ2n) is 16.4. The third-order valence-corrected chi connectivity index (χ3v) is 18.2. The highest BCUT2D eigenvalue weighted by molar-refractivity contribution is 9.10. The van der Waals surface area contributed by atoms with Crippen LogP contribution in [-0.4, -0.2) is 55.0 Å². The maximum Gasteiger partial charge on any atom is 0.455 e. The second kappa shape index (κ2) is 17.1. The quantitative estimate of drug-likeness (QED) is 0.0794. The van der Waals surface area contributed by atoms with Gasteiger partial charge in [-0.2, -0.15) is 0 Å². The lowest BCUT2D eigenvalue weighted by Gasteiger charge is -2.46. The van der Waals surface area contributed by atoms with Gasteiger partial charge in [0.2, 0.25) is 11.8 Å². The summed E-state index contributed by atoms with van der Waals surface area (Å²) in [7, 11) is -4.04. The van der Waals surface area contributed by atoms with Crippen molar-refractivity contribution in [3.8, 4) is 5.75 Å². The molecule has 0 bridgehead atoms. The molecule has 0 spiro atoms. The zero-order valence-electron chi connectivity index (χ0n) is 32.6. The van der Waals surface area contributed by atoms with Crippen LogP contribution in [0.15, 0.2) is 118 Å². The van der Waals surface area contributed by atoms with Crippen LogP contribution in [0.3, 0.4) is 0 Å². The minimum Gasteiger partial charge on any atom is -0.507 e. The van der Waals surface area contributed by atoms with Crippen LogP contribution in [0.4, 0.5) is 0 Å². The molecule has 0 radical (unpaired) electrons. The van der Waals surface area contributed by atoms with Gasteiger partial charge in [-0.15, -0.1) is 11.3 Å². The Hall–Kier alpha value is -3.58. The van der Waals surface area contributed by atoms with E-state index in [4.69, 9.17) is 9.08 Å². The van der Waals surface area contributed by atoms with Crippen LogP contribution >= 0.6 is 27.3 Å². The number of halogens is 1. The normalized spacial score (nSPS) is 21.8. The Balaban J connectivity index is 1.30. The van der Waals surface area contributed by atoms with E-state index in [0.717, 1.165) is 44.5 Å². The van der Waals surface area contributed by atoms with Crippen LogP contribution < -0.4 is 10.4 Å². The molecule has 1 aromatic heterocycles. The van der Waals surface area contributed by atoms with E-state index in [1.165, 1.54) is 26.6 Å². The molecule has 3 aromatic carbocycles. The van der Waals surface area contributed by atoms with Crippen molar-refractivity contribution in [1.82, 2.24) is 4.90 Å². The Kier molecular flexibility index (Phi) is 12.4. The number of hydrogen-bond acceptors (Lipinski definition) is 7. The molecule has 3 aliphatic rings. The molecule has 1 aliphatic carbocycles. The number of carbonyl (C=O) groups excluding carboxylic acids is 2. The van der Waals surface area contributed by atoms with Crippen LogP contribution in [-0.2, 0) is 25.2 Å². The fraction of sp³-hybridized carbons (Fsp3) is 0.378.